The largest absolute Gasteiger partial charge is 0.378 e. The lowest BCUT2D eigenvalue weighted by molar-refractivity contribution is -0.383. The quantitative estimate of drug-likeness (QED) is 0.401. The molecule has 0 bridgehead atoms. The van der Waals surface area contributed by atoms with E-state index in [-0.39, 0.29) is 28.0 Å². The summed E-state index contributed by atoms with van der Waals surface area (Å²) in [6.07, 6.45) is 0. The minimum Gasteiger partial charge on any atom is -0.378 e. The third-order valence-corrected chi connectivity index (χ3v) is 6.19. The van der Waals surface area contributed by atoms with Crippen molar-refractivity contribution in [1.29, 1.82) is 0 Å². The molecular formula is C22H24ClN5O5. The van der Waals surface area contributed by atoms with Crippen LogP contribution in [0.1, 0.15) is 36.7 Å². The van der Waals surface area contributed by atoms with Crippen LogP contribution in [0.5, 0.6) is 0 Å². The van der Waals surface area contributed by atoms with Crippen LogP contribution in [0.3, 0.4) is 0 Å². The van der Waals surface area contributed by atoms with Gasteiger partial charge in [-0.2, -0.15) is 0 Å². The van der Waals surface area contributed by atoms with Crippen LogP contribution in [0.4, 0.5) is 22.9 Å². The monoisotopic (exact) mass is 473 g/mol. The fraction of sp³-hybridized carbons (Fsp3) is 0.409. The molecule has 0 aliphatic carbocycles. The Balaban J connectivity index is 1.70. The summed E-state index contributed by atoms with van der Waals surface area (Å²) in [5, 5.41) is 14.6. The lowest BCUT2D eigenvalue weighted by atomic mass is 9.85. The van der Waals surface area contributed by atoms with Crippen LogP contribution >= 0.6 is 11.6 Å². The van der Waals surface area contributed by atoms with E-state index in [1.807, 2.05) is 11.8 Å². The van der Waals surface area contributed by atoms with Crippen molar-refractivity contribution in [2.24, 2.45) is 0 Å². The van der Waals surface area contributed by atoms with Crippen molar-refractivity contribution in [3.8, 4) is 0 Å². The van der Waals surface area contributed by atoms with Crippen LogP contribution in [0.2, 0.25) is 5.15 Å². The van der Waals surface area contributed by atoms with E-state index in [1.165, 1.54) is 23.1 Å². The molecule has 1 saturated heterocycles. The first-order valence-electron chi connectivity index (χ1n) is 10.6. The summed E-state index contributed by atoms with van der Waals surface area (Å²) in [4.78, 5) is 44.9. The number of fused-ring (bicyclic) bond motifs is 1. The van der Waals surface area contributed by atoms with Crippen LogP contribution in [0.25, 0.3) is 0 Å². The highest BCUT2D eigenvalue weighted by atomic mass is 35.5. The SMILES string of the molecule is CCN1C(=O)C(C)(C)c2cc(NC(=O)c3cc(Cl)nc(N4CCOCC4)c3)c([N+](=O)[O-])cc21. The van der Waals surface area contributed by atoms with Crippen molar-refractivity contribution in [1.82, 2.24) is 4.98 Å². The molecule has 1 aromatic carbocycles. The number of carbonyl (C=O) groups is 2. The first kappa shape index (κ1) is 22.9. The zero-order valence-corrected chi connectivity index (χ0v) is 19.3. The second kappa shape index (κ2) is 8.60. The molecule has 4 rings (SSSR count). The van der Waals surface area contributed by atoms with Crippen LogP contribution in [-0.4, -0.2) is 54.6 Å². The van der Waals surface area contributed by atoms with E-state index < -0.39 is 16.2 Å². The molecule has 2 aliphatic rings. The fourth-order valence-corrected chi connectivity index (χ4v) is 4.40. The van der Waals surface area contributed by atoms with Gasteiger partial charge in [-0.3, -0.25) is 19.7 Å². The topological polar surface area (TPSA) is 118 Å². The molecule has 1 fully saturated rings. The molecule has 0 saturated carbocycles. The van der Waals surface area contributed by atoms with Crippen LogP contribution in [-0.2, 0) is 14.9 Å². The van der Waals surface area contributed by atoms with Crippen molar-refractivity contribution in [2.45, 2.75) is 26.2 Å². The molecule has 1 aromatic heterocycles. The standard InChI is InChI=1S/C22H24ClN5O5/c1-4-27-16-12-17(28(31)32)15(11-14(16)22(2,3)21(27)30)24-20(29)13-9-18(23)25-19(10-13)26-5-7-33-8-6-26/h9-12H,4-8H2,1-3H3,(H,24,29). The maximum atomic E-state index is 13.1. The maximum Gasteiger partial charge on any atom is 0.294 e. The number of halogens is 1. The van der Waals surface area contributed by atoms with Gasteiger partial charge in [-0.1, -0.05) is 11.6 Å². The Kier molecular flexibility index (Phi) is 5.98. The summed E-state index contributed by atoms with van der Waals surface area (Å²) in [5.41, 5.74) is 0.180. The zero-order chi connectivity index (χ0) is 23.9. The number of ether oxygens (including phenoxy) is 1. The van der Waals surface area contributed by atoms with Gasteiger partial charge < -0.3 is 19.9 Å². The molecule has 11 heteroatoms. The fourth-order valence-electron chi connectivity index (χ4n) is 4.19. The molecule has 10 nitrogen and oxygen atoms in total. The number of nitro benzene ring substituents is 1. The van der Waals surface area contributed by atoms with E-state index in [1.54, 1.807) is 19.9 Å². The van der Waals surface area contributed by atoms with Crippen molar-refractivity contribution < 1.29 is 19.2 Å². The van der Waals surface area contributed by atoms with Crippen molar-refractivity contribution in [3.63, 3.8) is 0 Å². The normalized spacial score (nSPS) is 17.2. The van der Waals surface area contributed by atoms with Gasteiger partial charge >= 0.3 is 0 Å². The van der Waals surface area contributed by atoms with Gasteiger partial charge in [-0.25, -0.2) is 4.98 Å². The molecule has 2 aromatic rings. The van der Waals surface area contributed by atoms with E-state index in [0.717, 1.165) is 0 Å². The second-order valence-electron chi connectivity index (χ2n) is 8.41. The van der Waals surface area contributed by atoms with Gasteiger partial charge in [-0.05, 0) is 44.5 Å². The van der Waals surface area contributed by atoms with Crippen LogP contribution < -0.4 is 15.1 Å². The van der Waals surface area contributed by atoms with Gasteiger partial charge in [0.1, 0.15) is 16.7 Å². The van der Waals surface area contributed by atoms with E-state index in [2.05, 4.69) is 10.3 Å². The van der Waals surface area contributed by atoms with E-state index in [4.69, 9.17) is 16.3 Å². The predicted octanol–water partition coefficient (Wildman–Crippen LogP) is 3.38. The summed E-state index contributed by atoms with van der Waals surface area (Å²) >= 11 is 6.16. The molecular weight excluding hydrogens is 450 g/mol. The van der Waals surface area contributed by atoms with Crippen molar-refractivity contribution in [3.05, 3.63) is 50.7 Å². The highest BCUT2D eigenvalue weighted by molar-refractivity contribution is 6.30. The molecule has 3 heterocycles. The zero-order valence-electron chi connectivity index (χ0n) is 18.6. The minimum absolute atomic E-state index is 0.0171. The molecule has 1 N–H and O–H groups in total. The summed E-state index contributed by atoms with van der Waals surface area (Å²) in [6, 6.07) is 5.87. The lowest BCUT2D eigenvalue weighted by Gasteiger charge is -2.28. The van der Waals surface area contributed by atoms with Gasteiger partial charge in [0.15, 0.2) is 0 Å². The molecule has 0 spiro atoms. The van der Waals surface area contributed by atoms with E-state index in [0.29, 0.717) is 49.9 Å². The summed E-state index contributed by atoms with van der Waals surface area (Å²) in [7, 11) is 0. The number of carbonyl (C=O) groups excluding carboxylic acids is 2. The Morgan fingerprint density at radius 3 is 2.61 bits per heavy atom. The highest BCUT2D eigenvalue weighted by Gasteiger charge is 2.44. The van der Waals surface area contributed by atoms with Gasteiger partial charge in [0.05, 0.1) is 29.2 Å². The summed E-state index contributed by atoms with van der Waals surface area (Å²) in [6.45, 7) is 8.03. The van der Waals surface area contributed by atoms with Crippen LogP contribution in [0, 0.1) is 10.1 Å². The lowest BCUT2D eigenvalue weighted by Crippen LogP contribution is -2.37. The number of morpholine rings is 1. The minimum atomic E-state index is -0.872. The number of anilines is 3. The molecule has 33 heavy (non-hydrogen) atoms. The Hall–Kier alpha value is -3.24. The van der Waals surface area contributed by atoms with Gasteiger partial charge in [-0.15, -0.1) is 0 Å². The number of hydrogen-bond acceptors (Lipinski definition) is 7. The maximum absolute atomic E-state index is 13.1. The molecule has 0 atom stereocenters. The Bertz CT molecular complexity index is 1150. The number of hydrogen-bond donors (Lipinski definition) is 1. The Morgan fingerprint density at radius 1 is 1.27 bits per heavy atom. The number of rotatable bonds is 5. The number of pyridine rings is 1. The van der Waals surface area contributed by atoms with E-state index in [9.17, 15) is 19.7 Å². The van der Waals surface area contributed by atoms with Gasteiger partial charge in [0, 0.05) is 31.3 Å². The Labute approximate surface area is 195 Å². The van der Waals surface area contributed by atoms with Crippen molar-refractivity contribution >= 4 is 46.3 Å². The molecule has 0 unspecified atom stereocenters. The van der Waals surface area contributed by atoms with Gasteiger partial charge in [0.2, 0.25) is 5.91 Å². The molecule has 2 amide bonds. The predicted molar refractivity (Wildman–Crippen MR) is 124 cm³/mol. The van der Waals surface area contributed by atoms with Crippen molar-refractivity contribution in [2.75, 3.05) is 48.0 Å². The molecule has 174 valence electrons. The first-order valence-corrected chi connectivity index (χ1v) is 11.0. The summed E-state index contributed by atoms with van der Waals surface area (Å²) < 4.78 is 5.35. The average molecular weight is 474 g/mol. The first-order chi connectivity index (χ1) is 15.6. The average Bonchev–Trinajstić information content (AvgIpc) is 2.98. The number of amides is 2. The number of aromatic nitrogens is 1. The number of nitro groups is 1. The Morgan fingerprint density at radius 2 is 1.97 bits per heavy atom. The smallest absolute Gasteiger partial charge is 0.294 e. The number of likely N-dealkylation sites (N-methyl/N-ethyl adjacent to an activating group) is 1. The summed E-state index contributed by atoms with van der Waals surface area (Å²) in [5.74, 6) is -0.176. The van der Waals surface area contributed by atoms with E-state index >= 15 is 0 Å². The third kappa shape index (κ3) is 4.11. The molecule has 2 aliphatic heterocycles. The highest BCUT2D eigenvalue weighted by Crippen LogP contribution is 2.46. The van der Waals surface area contributed by atoms with Gasteiger partial charge in [0.25, 0.3) is 11.6 Å². The molecule has 0 radical (unpaired) electrons. The third-order valence-electron chi connectivity index (χ3n) is 6.00. The number of nitrogens with one attached hydrogen (secondary N) is 1. The number of benzene rings is 1. The number of nitrogens with zero attached hydrogens (tertiary/aromatic N) is 4. The van der Waals surface area contributed by atoms with Crippen LogP contribution in [0.15, 0.2) is 24.3 Å². The second-order valence-corrected chi connectivity index (χ2v) is 8.80.